The number of phosphoric ester groups is 1. The van der Waals surface area contributed by atoms with Crippen molar-refractivity contribution in [1.82, 2.24) is 0 Å². The molecule has 0 aromatic heterocycles. The highest BCUT2D eigenvalue weighted by Gasteiger charge is 2.26. The molecule has 0 saturated carbocycles. The molecule has 0 unspecified atom stereocenters. The highest BCUT2D eigenvalue weighted by molar-refractivity contribution is 7.46. The van der Waals surface area contributed by atoms with Crippen LogP contribution < -0.4 is 4.52 Å². The Kier molecular flexibility index (Phi) is 8.33. The van der Waals surface area contributed by atoms with E-state index in [4.69, 9.17) is 23.8 Å². The van der Waals surface area contributed by atoms with Crippen LogP contribution >= 0.6 is 7.82 Å². The average molecular weight is 414 g/mol. The van der Waals surface area contributed by atoms with Crippen LogP contribution in [0.3, 0.4) is 0 Å². The van der Waals surface area contributed by atoms with Crippen LogP contribution in [0.25, 0.3) is 5.76 Å². The summed E-state index contributed by atoms with van der Waals surface area (Å²) in [7, 11) is -4.64. The van der Waals surface area contributed by atoms with Crippen molar-refractivity contribution in [3.05, 3.63) is 35.4 Å². The van der Waals surface area contributed by atoms with Crippen molar-refractivity contribution in [1.29, 1.82) is 0 Å². The van der Waals surface area contributed by atoms with Crippen LogP contribution in [0.15, 0.2) is 29.8 Å². The zero-order valence-corrected chi connectivity index (χ0v) is 19.2. The van der Waals surface area contributed by atoms with E-state index in [-0.39, 0.29) is 22.7 Å². The van der Waals surface area contributed by atoms with Gasteiger partial charge in [-0.05, 0) is 36.8 Å². The zero-order valence-electron chi connectivity index (χ0n) is 18.3. The first-order valence-electron chi connectivity index (χ1n) is 9.42. The smallest absolute Gasteiger partial charge is 0.490 e. The minimum atomic E-state index is -4.64. The van der Waals surface area contributed by atoms with Crippen LogP contribution in [0.1, 0.15) is 61.0 Å². The monoisotopic (exact) mass is 414 g/mol. The second kappa shape index (κ2) is 9.45. The van der Waals surface area contributed by atoms with Gasteiger partial charge in [0.25, 0.3) is 0 Å². The van der Waals surface area contributed by atoms with E-state index in [1.165, 1.54) is 6.07 Å². The molecule has 7 heteroatoms. The number of hydrogen-bond acceptors (Lipinski definition) is 4. The van der Waals surface area contributed by atoms with Crippen molar-refractivity contribution < 1.29 is 28.3 Å². The second-order valence-electron chi connectivity index (χ2n) is 9.39. The van der Waals surface area contributed by atoms with Gasteiger partial charge >= 0.3 is 7.82 Å². The maximum atomic E-state index is 11.2. The van der Waals surface area contributed by atoms with Gasteiger partial charge in [0.15, 0.2) is 0 Å². The molecule has 1 rings (SSSR count). The van der Waals surface area contributed by atoms with Crippen molar-refractivity contribution >= 4 is 13.6 Å². The van der Waals surface area contributed by atoms with Crippen LogP contribution in [-0.4, -0.2) is 29.1 Å². The maximum Gasteiger partial charge on any atom is 0.524 e. The third-order valence-electron chi connectivity index (χ3n) is 3.63. The molecule has 6 nitrogen and oxygen atoms in total. The van der Waals surface area contributed by atoms with E-state index in [2.05, 4.69) is 41.5 Å². The Labute approximate surface area is 169 Å². The van der Waals surface area contributed by atoms with Gasteiger partial charge in [-0.1, -0.05) is 53.7 Å². The molecule has 0 aliphatic carbocycles. The van der Waals surface area contributed by atoms with Gasteiger partial charge in [0, 0.05) is 11.1 Å². The molecular formula is C21H35O6P. The molecule has 2 N–H and O–H groups in total. The molecule has 0 atom stereocenters. The van der Waals surface area contributed by atoms with Gasteiger partial charge in [-0.2, -0.15) is 0 Å². The van der Waals surface area contributed by atoms with E-state index in [0.29, 0.717) is 24.5 Å². The summed E-state index contributed by atoms with van der Waals surface area (Å²) in [6, 6.07) is 6.59. The summed E-state index contributed by atoms with van der Waals surface area (Å²) < 4.78 is 28.1. The van der Waals surface area contributed by atoms with Crippen LogP contribution in [-0.2, 0) is 14.0 Å². The molecule has 160 valence electrons. The minimum absolute atomic E-state index is 0.0409. The maximum absolute atomic E-state index is 11.2. The van der Waals surface area contributed by atoms with Gasteiger partial charge in [-0.15, -0.1) is 0 Å². The summed E-state index contributed by atoms with van der Waals surface area (Å²) in [5, 5.41) is 0. The summed E-state index contributed by atoms with van der Waals surface area (Å²) in [4.78, 5) is 18.2. The predicted octanol–water partition coefficient (Wildman–Crippen LogP) is 5.40. The third kappa shape index (κ3) is 9.24. The fourth-order valence-electron chi connectivity index (χ4n) is 2.46. The summed E-state index contributed by atoms with van der Waals surface area (Å²) >= 11 is 0. The van der Waals surface area contributed by atoms with Crippen molar-refractivity contribution in [2.75, 3.05) is 13.2 Å². The van der Waals surface area contributed by atoms with Gasteiger partial charge in [-0.25, -0.2) is 4.57 Å². The Morgan fingerprint density at radius 2 is 1.71 bits per heavy atom. The zero-order chi connectivity index (χ0) is 21.8. The minimum Gasteiger partial charge on any atom is -0.490 e. The van der Waals surface area contributed by atoms with E-state index in [1.807, 2.05) is 19.9 Å². The van der Waals surface area contributed by atoms with E-state index in [9.17, 15) is 4.57 Å². The quantitative estimate of drug-likeness (QED) is 0.437. The summed E-state index contributed by atoms with van der Waals surface area (Å²) in [6.07, 6.45) is -0.0821. The van der Waals surface area contributed by atoms with Crippen LogP contribution in [0, 0.1) is 10.8 Å². The summed E-state index contributed by atoms with van der Waals surface area (Å²) in [6.45, 7) is 17.5. The molecule has 0 aliphatic rings. The fraction of sp³-hybridized carbons (Fsp3) is 0.619. The lowest BCUT2D eigenvalue weighted by atomic mass is 9.84. The molecule has 0 radical (unpaired) electrons. The standard InChI is InChI=1S/C21H35O6P/c1-15(2)26-19(16-10-9-11-17(12-16)27-28(22,23)24)18(21(6,7)8)13-25-14-20(3,4)5/h9-12,15H,13-14H2,1-8H3,(H2,22,23,24). The van der Waals surface area contributed by atoms with Crippen LogP contribution in [0.4, 0.5) is 0 Å². The van der Waals surface area contributed by atoms with E-state index in [1.54, 1.807) is 12.1 Å². The molecule has 0 spiro atoms. The number of ether oxygens (including phenoxy) is 2. The van der Waals surface area contributed by atoms with Gasteiger partial charge in [0.1, 0.15) is 11.5 Å². The highest BCUT2D eigenvalue weighted by atomic mass is 31.2. The number of rotatable bonds is 8. The number of benzene rings is 1. The molecule has 28 heavy (non-hydrogen) atoms. The van der Waals surface area contributed by atoms with Gasteiger partial charge in [0.2, 0.25) is 0 Å². The van der Waals surface area contributed by atoms with Crippen molar-refractivity contribution in [2.24, 2.45) is 10.8 Å². The van der Waals surface area contributed by atoms with E-state index < -0.39 is 7.82 Å². The molecule has 0 saturated heterocycles. The molecule has 1 aromatic carbocycles. The molecule has 0 heterocycles. The van der Waals surface area contributed by atoms with E-state index >= 15 is 0 Å². The van der Waals surface area contributed by atoms with E-state index in [0.717, 1.165) is 5.57 Å². The summed E-state index contributed by atoms with van der Waals surface area (Å²) in [5.74, 6) is 0.729. The normalized spacial score (nSPS) is 14.1. The molecule has 0 fully saturated rings. The first kappa shape index (κ1) is 24.7. The predicted molar refractivity (Wildman–Crippen MR) is 112 cm³/mol. The highest BCUT2D eigenvalue weighted by Crippen LogP contribution is 2.40. The lowest BCUT2D eigenvalue weighted by Gasteiger charge is -2.29. The molecular weight excluding hydrogens is 379 g/mol. The Balaban J connectivity index is 3.40. The van der Waals surface area contributed by atoms with Gasteiger partial charge in [-0.3, -0.25) is 9.79 Å². The van der Waals surface area contributed by atoms with Gasteiger partial charge in [0.05, 0.1) is 19.3 Å². The van der Waals surface area contributed by atoms with Crippen molar-refractivity contribution in [3.63, 3.8) is 0 Å². The Morgan fingerprint density at radius 3 is 2.18 bits per heavy atom. The molecule has 0 bridgehead atoms. The number of phosphoric acid groups is 1. The molecule has 1 aromatic rings. The molecule has 0 aliphatic heterocycles. The largest absolute Gasteiger partial charge is 0.524 e. The average Bonchev–Trinajstić information content (AvgIpc) is 2.46. The third-order valence-corrected chi connectivity index (χ3v) is 4.08. The van der Waals surface area contributed by atoms with Crippen molar-refractivity contribution in [2.45, 2.75) is 61.5 Å². The lowest BCUT2D eigenvalue weighted by molar-refractivity contribution is 0.0773. The Hall–Kier alpha value is -1.33. The first-order valence-corrected chi connectivity index (χ1v) is 10.9. The SMILES string of the molecule is CC(C)OC(=C(COCC(C)(C)C)C(C)(C)C)c1cccc(OP(=O)(O)O)c1. The Bertz CT molecular complexity index is 719. The van der Waals surface area contributed by atoms with Crippen LogP contribution in [0.5, 0.6) is 5.75 Å². The fourth-order valence-corrected chi connectivity index (χ4v) is 2.85. The van der Waals surface area contributed by atoms with Crippen LogP contribution in [0.2, 0.25) is 0 Å². The second-order valence-corrected chi connectivity index (χ2v) is 10.6. The van der Waals surface area contributed by atoms with Crippen molar-refractivity contribution in [3.8, 4) is 5.75 Å². The Morgan fingerprint density at radius 1 is 1.11 bits per heavy atom. The molecule has 0 amide bonds. The lowest BCUT2D eigenvalue weighted by Crippen LogP contribution is -2.22. The number of hydrogen-bond donors (Lipinski definition) is 2. The topological polar surface area (TPSA) is 85.2 Å². The summed E-state index contributed by atoms with van der Waals surface area (Å²) in [5.41, 5.74) is 1.46. The van der Waals surface area contributed by atoms with Gasteiger partial charge < -0.3 is 14.0 Å². The first-order chi connectivity index (χ1) is 12.6.